The summed E-state index contributed by atoms with van der Waals surface area (Å²) in [6.07, 6.45) is 9.38. The molecular weight excluding hydrogens is 448 g/mol. The van der Waals surface area contributed by atoms with Crippen molar-refractivity contribution in [2.24, 2.45) is 0 Å². The molecule has 1 aromatic carbocycles. The summed E-state index contributed by atoms with van der Waals surface area (Å²) < 4.78 is 2.14. The predicted molar refractivity (Wildman–Crippen MR) is 139 cm³/mol. The van der Waals surface area contributed by atoms with Gasteiger partial charge in [0.05, 0.1) is 16.1 Å². The van der Waals surface area contributed by atoms with E-state index in [4.69, 9.17) is 16.6 Å². The summed E-state index contributed by atoms with van der Waals surface area (Å²) in [5.41, 5.74) is 3.02. The number of benzene rings is 1. The summed E-state index contributed by atoms with van der Waals surface area (Å²) in [6, 6.07) is 9.39. The standard InChI is InChI=1S/C26H33ClN6O/c1-19-17-20(12-13-28-19)25(34)30-26-29-23-11-8-10-22(27)24(23)33(26)21-9-4-5-15-32(18-21)16-7-6-14-31(2)3/h6-8,10-13,17,21H,4-5,9,14-16,18H2,1-3H3,(H,29,30,34)/b7-6+. The number of para-hydroxylation sites is 1. The third-order valence-electron chi connectivity index (χ3n) is 6.14. The van der Waals surface area contributed by atoms with Crippen molar-refractivity contribution >= 4 is 34.5 Å². The minimum absolute atomic E-state index is 0.157. The number of halogens is 1. The molecule has 1 fully saturated rings. The van der Waals surface area contributed by atoms with E-state index in [1.165, 1.54) is 0 Å². The van der Waals surface area contributed by atoms with Gasteiger partial charge < -0.3 is 9.47 Å². The number of likely N-dealkylation sites (tertiary alicyclic amines) is 1. The highest BCUT2D eigenvalue weighted by Crippen LogP contribution is 2.34. The van der Waals surface area contributed by atoms with Crippen molar-refractivity contribution in [1.82, 2.24) is 24.3 Å². The second-order valence-electron chi connectivity index (χ2n) is 9.20. The van der Waals surface area contributed by atoms with Crippen LogP contribution in [-0.2, 0) is 0 Å². The molecule has 3 heterocycles. The summed E-state index contributed by atoms with van der Waals surface area (Å²) in [4.78, 5) is 26.7. The highest BCUT2D eigenvalue weighted by Gasteiger charge is 2.26. The van der Waals surface area contributed by atoms with Gasteiger partial charge in [0, 0.05) is 43.1 Å². The highest BCUT2D eigenvalue weighted by molar-refractivity contribution is 6.35. The van der Waals surface area contributed by atoms with E-state index in [2.05, 4.69) is 50.9 Å². The maximum Gasteiger partial charge on any atom is 0.258 e. The molecule has 7 nitrogen and oxygen atoms in total. The molecule has 1 unspecified atom stereocenters. The average molecular weight is 481 g/mol. The molecule has 8 heteroatoms. The van der Waals surface area contributed by atoms with E-state index in [1.54, 1.807) is 18.3 Å². The molecule has 1 saturated heterocycles. The van der Waals surface area contributed by atoms with Gasteiger partial charge in [-0.25, -0.2) is 4.98 Å². The number of hydrogen-bond donors (Lipinski definition) is 1. The van der Waals surface area contributed by atoms with Crippen LogP contribution in [0.4, 0.5) is 5.95 Å². The minimum atomic E-state index is -0.199. The number of fused-ring (bicyclic) bond motifs is 1. The van der Waals surface area contributed by atoms with Gasteiger partial charge in [0.15, 0.2) is 0 Å². The second-order valence-corrected chi connectivity index (χ2v) is 9.60. The first-order valence-electron chi connectivity index (χ1n) is 11.8. The number of nitrogens with zero attached hydrogens (tertiary/aromatic N) is 5. The van der Waals surface area contributed by atoms with Crippen molar-refractivity contribution in [2.45, 2.75) is 32.2 Å². The molecule has 1 aliphatic heterocycles. The zero-order chi connectivity index (χ0) is 24.1. The number of aromatic nitrogens is 3. The Morgan fingerprint density at radius 2 is 2.12 bits per heavy atom. The third kappa shape index (κ3) is 5.84. The molecule has 0 aliphatic carbocycles. The maximum absolute atomic E-state index is 13.1. The van der Waals surface area contributed by atoms with E-state index < -0.39 is 0 Å². The molecule has 1 N–H and O–H groups in total. The smallest absolute Gasteiger partial charge is 0.258 e. The summed E-state index contributed by atoms with van der Waals surface area (Å²) in [5, 5.41) is 3.70. The van der Waals surface area contributed by atoms with Gasteiger partial charge in [-0.15, -0.1) is 0 Å². The van der Waals surface area contributed by atoms with Gasteiger partial charge in [-0.05, 0) is 64.7 Å². The molecular formula is C26H33ClN6O. The van der Waals surface area contributed by atoms with E-state index in [9.17, 15) is 4.79 Å². The van der Waals surface area contributed by atoms with Crippen LogP contribution in [0.15, 0.2) is 48.7 Å². The zero-order valence-electron chi connectivity index (χ0n) is 20.2. The van der Waals surface area contributed by atoms with Crippen LogP contribution in [0.1, 0.15) is 41.4 Å². The molecule has 1 aliphatic rings. The molecule has 1 atom stereocenters. The first kappa shape index (κ1) is 24.4. The average Bonchev–Trinajstić information content (AvgIpc) is 3.01. The number of amides is 1. The Kier molecular flexibility index (Phi) is 7.98. The number of nitrogens with one attached hydrogen (secondary N) is 1. The molecule has 0 saturated carbocycles. The maximum atomic E-state index is 13.1. The van der Waals surface area contributed by atoms with Crippen LogP contribution in [-0.4, -0.2) is 70.5 Å². The third-order valence-corrected chi connectivity index (χ3v) is 6.45. The molecule has 34 heavy (non-hydrogen) atoms. The lowest BCUT2D eigenvalue weighted by Gasteiger charge is -2.26. The lowest BCUT2D eigenvalue weighted by molar-refractivity contribution is 0.102. The van der Waals surface area contributed by atoms with Gasteiger partial charge in [-0.1, -0.05) is 36.2 Å². The minimum Gasteiger partial charge on any atom is -0.306 e. The number of aryl methyl sites for hydroxylation is 1. The van der Waals surface area contributed by atoms with Crippen LogP contribution < -0.4 is 5.32 Å². The largest absolute Gasteiger partial charge is 0.306 e. The monoisotopic (exact) mass is 480 g/mol. The summed E-state index contributed by atoms with van der Waals surface area (Å²) in [7, 11) is 4.15. The number of likely N-dealkylation sites (N-methyl/N-ethyl adjacent to an activating group) is 1. The molecule has 0 spiro atoms. The van der Waals surface area contributed by atoms with Crippen LogP contribution >= 0.6 is 11.6 Å². The van der Waals surface area contributed by atoms with Gasteiger partial charge in [0.2, 0.25) is 5.95 Å². The lowest BCUT2D eigenvalue weighted by Crippen LogP contribution is -2.31. The van der Waals surface area contributed by atoms with Crippen molar-refractivity contribution in [3.05, 3.63) is 65.0 Å². The SMILES string of the molecule is Cc1cc(C(=O)Nc2nc3cccc(Cl)c3n2C2CCCCN(C/C=C/CN(C)C)C2)ccn1. The normalized spacial score (nSPS) is 17.5. The van der Waals surface area contributed by atoms with Gasteiger partial charge in [-0.3, -0.25) is 20.0 Å². The number of hydrogen-bond acceptors (Lipinski definition) is 5. The van der Waals surface area contributed by atoms with E-state index in [0.717, 1.165) is 62.2 Å². The fourth-order valence-corrected chi connectivity index (χ4v) is 4.75. The quantitative estimate of drug-likeness (QED) is 0.492. The van der Waals surface area contributed by atoms with Crippen LogP contribution in [0.5, 0.6) is 0 Å². The fraction of sp³-hybridized carbons (Fsp3) is 0.423. The lowest BCUT2D eigenvalue weighted by atomic mass is 10.1. The Morgan fingerprint density at radius 1 is 1.26 bits per heavy atom. The van der Waals surface area contributed by atoms with Gasteiger partial charge in [-0.2, -0.15) is 0 Å². The van der Waals surface area contributed by atoms with Crippen LogP contribution in [0.25, 0.3) is 11.0 Å². The number of anilines is 1. The van der Waals surface area contributed by atoms with Crippen molar-refractivity contribution in [3.8, 4) is 0 Å². The first-order valence-corrected chi connectivity index (χ1v) is 12.2. The predicted octanol–water partition coefficient (Wildman–Crippen LogP) is 4.79. The Bertz CT molecular complexity index is 1170. The first-order chi connectivity index (χ1) is 16.4. The highest BCUT2D eigenvalue weighted by atomic mass is 35.5. The van der Waals surface area contributed by atoms with Gasteiger partial charge in [0.25, 0.3) is 5.91 Å². The van der Waals surface area contributed by atoms with E-state index >= 15 is 0 Å². The second kappa shape index (κ2) is 11.1. The topological polar surface area (TPSA) is 66.3 Å². The molecule has 2 aromatic heterocycles. The number of rotatable bonds is 7. The number of imidazole rings is 1. The summed E-state index contributed by atoms with van der Waals surface area (Å²) in [5.74, 6) is 0.341. The van der Waals surface area contributed by atoms with Crippen LogP contribution in [0, 0.1) is 6.92 Å². The molecule has 3 aromatic rings. The molecule has 0 bridgehead atoms. The van der Waals surface area contributed by atoms with Gasteiger partial charge >= 0.3 is 0 Å². The Hall–Kier alpha value is -2.74. The Labute approximate surface area is 206 Å². The number of pyridine rings is 1. The molecule has 4 rings (SSSR count). The van der Waals surface area contributed by atoms with E-state index in [0.29, 0.717) is 16.5 Å². The van der Waals surface area contributed by atoms with Crippen LogP contribution in [0.2, 0.25) is 5.02 Å². The van der Waals surface area contributed by atoms with Crippen molar-refractivity contribution in [3.63, 3.8) is 0 Å². The molecule has 0 radical (unpaired) electrons. The number of carbonyl (C=O) groups excluding carboxylic acids is 1. The Balaban J connectivity index is 1.64. The number of carbonyl (C=O) groups is 1. The van der Waals surface area contributed by atoms with Crippen molar-refractivity contribution in [2.75, 3.05) is 45.6 Å². The van der Waals surface area contributed by atoms with Crippen molar-refractivity contribution < 1.29 is 4.79 Å². The summed E-state index contributed by atoms with van der Waals surface area (Å²) >= 11 is 6.67. The van der Waals surface area contributed by atoms with Gasteiger partial charge in [0.1, 0.15) is 0 Å². The molecule has 180 valence electrons. The van der Waals surface area contributed by atoms with Crippen LogP contribution in [0.3, 0.4) is 0 Å². The van der Waals surface area contributed by atoms with E-state index in [-0.39, 0.29) is 11.9 Å². The fourth-order valence-electron chi connectivity index (χ4n) is 4.49. The zero-order valence-corrected chi connectivity index (χ0v) is 20.9. The molecule has 1 amide bonds. The van der Waals surface area contributed by atoms with E-state index in [1.807, 2.05) is 25.1 Å². The Morgan fingerprint density at radius 3 is 2.91 bits per heavy atom. The van der Waals surface area contributed by atoms with Crippen molar-refractivity contribution in [1.29, 1.82) is 0 Å². The summed E-state index contributed by atoms with van der Waals surface area (Å²) in [6.45, 7) is 5.65.